The van der Waals surface area contributed by atoms with Gasteiger partial charge in [-0.15, -0.1) is 10.2 Å². The third kappa shape index (κ3) is 7.21. The molecule has 4 aromatic rings. The summed E-state index contributed by atoms with van der Waals surface area (Å²) in [5, 5.41) is 12.6. The molecule has 0 saturated carbocycles. The summed E-state index contributed by atoms with van der Waals surface area (Å²) in [5.41, 5.74) is 1.89. The molecule has 0 bridgehead atoms. The number of carbonyl (C=O) groups is 2. The first-order valence-electron chi connectivity index (χ1n) is 12.0. The Hall–Kier alpha value is -3.62. The van der Waals surface area contributed by atoms with Crippen LogP contribution in [0.2, 0.25) is 5.02 Å². The SMILES string of the molecule is CCCCOc1ccc(C(=O)NCc2nnc(SCC(=O)c3ccccc3)n2-c2cccc(Cl)c2)cc1. The van der Waals surface area contributed by atoms with Crippen LogP contribution in [0.5, 0.6) is 5.75 Å². The number of nitrogens with zero attached hydrogens (tertiary/aromatic N) is 3. The Morgan fingerprint density at radius 1 is 0.973 bits per heavy atom. The third-order valence-corrected chi connectivity index (χ3v) is 6.65. The number of rotatable bonds is 12. The highest BCUT2D eigenvalue weighted by Gasteiger charge is 2.18. The Kier molecular flexibility index (Phi) is 9.35. The summed E-state index contributed by atoms with van der Waals surface area (Å²) in [7, 11) is 0. The van der Waals surface area contributed by atoms with Crippen molar-refractivity contribution in [2.24, 2.45) is 0 Å². The number of amides is 1. The number of nitrogens with one attached hydrogen (secondary N) is 1. The van der Waals surface area contributed by atoms with E-state index in [0.29, 0.717) is 33.7 Å². The fraction of sp³-hybridized carbons (Fsp3) is 0.214. The Balaban J connectivity index is 1.47. The molecule has 0 atom stereocenters. The largest absolute Gasteiger partial charge is 0.494 e. The lowest BCUT2D eigenvalue weighted by Gasteiger charge is -2.11. The molecule has 1 N–H and O–H groups in total. The molecular weight excluding hydrogens is 508 g/mol. The van der Waals surface area contributed by atoms with Crippen LogP contribution >= 0.6 is 23.4 Å². The van der Waals surface area contributed by atoms with Crippen LogP contribution in [0.4, 0.5) is 0 Å². The normalized spacial score (nSPS) is 10.8. The van der Waals surface area contributed by atoms with Gasteiger partial charge >= 0.3 is 0 Å². The number of benzene rings is 3. The molecule has 0 saturated heterocycles. The van der Waals surface area contributed by atoms with Gasteiger partial charge in [-0.1, -0.05) is 73.1 Å². The predicted octanol–water partition coefficient (Wildman–Crippen LogP) is 6.00. The summed E-state index contributed by atoms with van der Waals surface area (Å²) in [6.07, 6.45) is 2.04. The lowest BCUT2D eigenvalue weighted by Crippen LogP contribution is -2.24. The number of halogens is 1. The van der Waals surface area contributed by atoms with Crippen molar-refractivity contribution in [3.05, 3.63) is 101 Å². The molecule has 0 aliphatic heterocycles. The van der Waals surface area contributed by atoms with Gasteiger partial charge in [-0.3, -0.25) is 14.2 Å². The van der Waals surface area contributed by atoms with E-state index < -0.39 is 0 Å². The van der Waals surface area contributed by atoms with E-state index in [4.69, 9.17) is 16.3 Å². The van der Waals surface area contributed by atoms with Gasteiger partial charge in [0.1, 0.15) is 5.75 Å². The van der Waals surface area contributed by atoms with Crippen molar-refractivity contribution in [1.82, 2.24) is 20.1 Å². The van der Waals surface area contributed by atoms with Gasteiger partial charge in [0.2, 0.25) is 0 Å². The van der Waals surface area contributed by atoms with Crippen LogP contribution in [0.25, 0.3) is 5.69 Å². The lowest BCUT2D eigenvalue weighted by atomic mass is 10.2. The summed E-state index contributed by atoms with van der Waals surface area (Å²) in [5.74, 6) is 1.20. The highest BCUT2D eigenvalue weighted by molar-refractivity contribution is 7.99. The number of Topliss-reactive ketones (excluding diaryl/α,β-unsaturated/α-hetero) is 1. The number of ketones is 1. The van der Waals surface area contributed by atoms with Gasteiger partial charge in [0.25, 0.3) is 5.91 Å². The molecular formula is C28H27ClN4O3S. The van der Waals surface area contributed by atoms with Crippen LogP contribution in [0.1, 0.15) is 46.3 Å². The molecule has 0 fully saturated rings. The fourth-order valence-electron chi connectivity index (χ4n) is 3.52. The minimum absolute atomic E-state index is 0.0109. The molecule has 4 rings (SSSR count). The minimum Gasteiger partial charge on any atom is -0.494 e. The van der Waals surface area contributed by atoms with E-state index in [2.05, 4.69) is 22.4 Å². The standard InChI is InChI=1S/C28H27ClN4O3S/c1-2-3-16-36-24-14-12-21(13-15-24)27(35)30-18-26-31-32-28(33(26)23-11-7-10-22(29)17-23)37-19-25(34)20-8-5-4-6-9-20/h4-15,17H,2-3,16,18-19H2,1H3,(H,30,35). The third-order valence-electron chi connectivity index (χ3n) is 5.49. The van der Waals surface area contributed by atoms with Crippen molar-refractivity contribution in [3.8, 4) is 11.4 Å². The topological polar surface area (TPSA) is 86.1 Å². The molecule has 1 aromatic heterocycles. The van der Waals surface area contributed by atoms with Crippen molar-refractivity contribution in [1.29, 1.82) is 0 Å². The molecule has 190 valence electrons. The van der Waals surface area contributed by atoms with Crippen LogP contribution in [0.15, 0.2) is 84.0 Å². The second-order valence-electron chi connectivity index (χ2n) is 8.20. The minimum atomic E-state index is -0.241. The van der Waals surface area contributed by atoms with Crippen LogP contribution in [0, 0.1) is 0 Å². The number of aromatic nitrogens is 3. The summed E-state index contributed by atoms with van der Waals surface area (Å²) in [6.45, 7) is 2.90. The first kappa shape index (κ1) is 26.4. The van der Waals surface area contributed by atoms with Crippen molar-refractivity contribution >= 4 is 35.1 Å². The van der Waals surface area contributed by atoms with Crippen LogP contribution < -0.4 is 10.1 Å². The van der Waals surface area contributed by atoms with Crippen LogP contribution in [-0.2, 0) is 6.54 Å². The van der Waals surface area contributed by atoms with Gasteiger partial charge in [-0.2, -0.15) is 0 Å². The highest BCUT2D eigenvalue weighted by atomic mass is 35.5. The van der Waals surface area contributed by atoms with Crippen LogP contribution in [0.3, 0.4) is 0 Å². The predicted molar refractivity (Wildman–Crippen MR) is 146 cm³/mol. The number of thioether (sulfide) groups is 1. The molecule has 0 aliphatic rings. The molecule has 0 radical (unpaired) electrons. The second kappa shape index (κ2) is 13.1. The molecule has 7 nitrogen and oxygen atoms in total. The molecule has 0 unspecified atom stereocenters. The zero-order valence-electron chi connectivity index (χ0n) is 20.4. The first-order valence-corrected chi connectivity index (χ1v) is 13.3. The maximum atomic E-state index is 12.8. The average molecular weight is 535 g/mol. The van der Waals surface area contributed by atoms with Gasteiger partial charge in [0.15, 0.2) is 16.8 Å². The fourth-order valence-corrected chi connectivity index (χ4v) is 4.57. The van der Waals surface area contributed by atoms with Crippen molar-refractivity contribution in [2.75, 3.05) is 12.4 Å². The van der Waals surface area contributed by atoms with Gasteiger partial charge in [0.05, 0.1) is 24.6 Å². The van der Waals surface area contributed by atoms with E-state index in [1.54, 1.807) is 53.1 Å². The Morgan fingerprint density at radius 2 is 1.76 bits per heavy atom. The maximum Gasteiger partial charge on any atom is 0.251 e. The van der Waals surface area contributed by atoms with E-state index >= 15 is 0 Å². The van der Waals surface area contributed by atoms with Crippen molar-refractivity contribution < 1.29 is 14.3 Å². The molecule has 0 aliphatic carbocycles. The zero-order valence-corrected chi connectivity index (χ0v) is 22.0. The average Bonchev–Trinajstić information content (AvgIpc) is 3.34. The quantitative estimate of drug-likeness (QED) is 0.136. The zero-order chi connectivity index (χ0) is 26.0. The summed E-state index contributed by atoms with van der Waals surface area (Å²) >= 11 is 7.52. The lowest BCUT2D eigenvalue weighted by molar-refractivity contribution is 0.0948. The first-order chi connectivity index (χ1) is 18.0. The molecule has 1 heterocycles. The highest BCUT2D eigenvalue weighted by Crippen LogP contribution is 2.25. The molecule has 37 heavy (non-hydrogen) atoms. The Bertz CT molecular complexity index is 1340. The molecule has 3 aromatic carbocycles. The smallest absolute Gasteiger partial charge is 0.251 e. The number of unbranched alkanes of at least 4 members (excludes halogenated alkanes) is 1. The number of carbonyl (C=O) groups excluding carboxylic acids is 2. The van der Waals surface area contributed by atoms with E-state index in [9.17, 15) is 9.59 Å². The second-order valence-corrected chi connectivity index (χ2v) is 9.58. The van der Waals surface area contributed by atoms with Gasteiger partial charge in [-0.25, -0.2) is 0 Å². The van der Waals surface area contributed by atoms with E-state index in [0.717, 1.165) is 24.3 Å². The van der Waals surface area contributed by atoms with Gasteiger partial charge in [0, 0.05) is 16.1 Å². The van der Waals surface area contributed by atoms with E-state index in [1.165, 1.54) is 11.8 Å². The van der Waals surface area contributed by atoms with Crippen molar-refractivity contribution in [2.45, 2.75) is 31.5 Å². The number of hydrogen-bond acceptors (Lipinski definition) is 6. The van der Waals surface area contributed by atoms with E-state index in [-0.39, 0.29) is 24.0 Å². The summed E-state index contributed by atoms with van der Waals surface area (Å²) in [4.78, 5) is 25.4. The maximum absolute atomic E-state index is 12.8. The summed E-state index contributed by atoms with van der Waals surface area (Å²) in [6, 6.07) is 23.4. The van der Waals surface area contributed by atoms with Gasteiger partial charge < -0.3 is 10.1 Å². The molecule has 0 spiro atoms. The number of ether oxygens (including phenoxy) is 1. The Labute approximate surface area is 225 Å². The molecule has 9 heteroatoms. The monoisotopic (exact) mass is 534 g/mol. The summed E-state index contributed by atoms with van der Waals surface area (Å²) < 4.78 is 7.47. The van der Waals surface area contributed by atoms with Crippen LogP contribution in [-0.4, -0.2) is 38.8 Å². The Morgan fingerprint density at radius 3 is 2.49 bits per heavy atom. The number of hydrogen-bond donors (Lipinski definition) is 1. The molecule has 1 amide bonds. The van der Waals surface area contributed by atoms with E-state index in [1.807, 2.05) is 30.3 Å². The van der Waals surface area contributed by atoms with Crippen molar-refractivity contribution in [3.63, 3.8) is 0 Å². The van der Waals surface area contributed by atoms with Gasteiger partial charge in [-0.05, 0) is 48.9 Å².